The first-order chi connectivity index (χ1) is 14.6. The van der Waals surface area contributed by atoms with Crippen LogP contribution in [0.15, 0.2) is 30.3 Å². The van der Waals surface area contributed by atoms with Crippen LogP contribution in [0.4, 0.5) is 5.82 Å². The van der Waals surface area contributed by atoms with Crippen LogP contribution in [0.5, 0.6) is 0 Å². The molecule has 0 radical (unpaired) electrons. The van der Waals surface area contributed by atoms with Crippen LogP contribution < -0.4 is 10.2 Å². The zero-order valence-electron chi connectivity index (χ0n) is 17.8. The van der Waals surface area contributed by atoms with E-state index in [-0.39, 0.29) is 11.8 Å². The number of fused-ring (bicyclic) bond motifs is 1. The summed E-state index contributed by atoms with van der Waals surface area (Å²) in [7, 11) is 1.63. The molecule has 158 valence electrons. The van der Waals surface area contributed by atoms with Crippen molar-refractivity contribution in [2.45, 2.75) is 26.7 Å². The smallest absolute Gasteiger partial charge is 0.224 e. The van der Waals surface area contributed by atoms with E-state index >= 15 is 0 Å². The molecule has 1 fully saturated rings. The van der Waals surface area contributed by atoms with E-state index in [1.807, 2.05) is 41.9 Å². The molecule has 0 bridgehead atoms. The third-order valence-electron chi connectivity index (χ3n) is 5.68. The predicted octanol–water partition coefficient (Wildman–Crippen LogP) is 2.41. The lowest BCUT2D eigenvalue weighted by Crippen LogP contribution is -2.44. The van der Waals surface area contributed by atoms with Crippen molar-refractivity contribution in [1.29, 1.82) is 0 Å². The standard InChI is InChI=1S/C22H28N6O2/c1-15-19-16(2)28(18-9-5-4-6-10-18)26-20(19)21(25-24-15)27-12-7-8-17(14-27)22(29)23-11-13-30-3/h4-6,9-10,17H,7-8,11-14H2,1-3H3,(H,23,29)/t17-/m1/s1. The number of carbonyl (C=O) groups is 1. The van der Waals surface area contributed by atoms with Gasteiger partial charge in [-0.25, -0.2) is 4.68 Å². The first-order valence-electron chi connectivity index (χ1n) is 10.4. The maximum Gasteiger partial charge on any atom is 0.224 e. The minimum atomic E-state index is -0.0777. The van der Waals surface area contributed by atoms with Crippen LogP contribution in [0.3, 0.4) is 0 Å². The first kappa shape index (κ1) is 20.3. The molecular formula is C22H28N6O2. The Kier molecular flexibility index (Phi) is 5.94. The Morgan fingerprint density at radius 2 is 2.03 bits per heavy atom. The molecule has 0 saturated carbocycles. The lowest BCUT2D eigenvalue weighted by molar-refractivity contribution is -0.125. The van der Waals surface area contributed by atoms with Crippen LogP contribution in [0.2, 0.25) is 0 Å². The van der Waals surface area contributed by atoms with Crippen molar-refractivity contribution in [3.63, 3.8) is 0 Å². The van der Waals surface area contributed by atoms with E-state index in [0.717, 1.165) is 53.2 Å². The predicted molar refractivity (Wildman–Crippen MR) is 116 cm³/mol. The molecule has 1 atom stereocenters. The highest BCUT2D eigenvalue weighted by atomic mass is 16.5. The number of nitrogens with one attached hydrogen (secondary N) is 1. The van der Waals surface area contributed by atoms with Crippen LogP contribution in [0.1, 0.15) is 24.2 Å². The fourth-order valence-corrected chi connectivity index (χ4v) is 4.15. The van der Waals surface area contributed by atoms with Gasteiger partial charge in [-0.05, 0) is 38.8 Å². The number of nitrogens with zero attached hydrogens (tertiary/aromatic N) is 5. The molecule has 1 aromatic carbocycles. The Bertz CT molecular complexity index is 1030. The van der Waals surface area contributed by atoms with Gasteiger partial charge in [0.2, 0.25) is 5.91 Å². The Balaban J connectivity index is 1.66. The Hall–Kier alpha value is -3.00. The number of aryl methyl sites for hydroxylation is 2. The summed E-state index contributed by atoms with van der Waals surface area (Å²) in [5.74, 6) is 0.743. The molecule has 1 aliphatic heterocycles. The second kappa shape index (κ2) is 8.79. The topological polar surface area (TPSA) is 85.2 Å². The van der Waals surface area contributed by atoms with E-state index in [2.05, 4.69) is 27.3 Å². The monoisotopic (exact) mass is 408 g/mol. The molecule has 0 aliphatic carbocycles. The summed E-state index contributed by atoms with van der Waals surface area (Å²) in [6, 6.07) is 10.1. The number of methoxy groups -OCH3 is 1. The van der Waals surface area contributed by atoms with Gasteiger partial charge in [0.05, 0.1) is 35.0 Å². The van der Waals surface area contributed by atoms with E-state index in [1.54, 1.807) is 7.11 Å². The number of benzene rings is 1. The third kappa shape index (κ3) is 3.87. The summed E-state index contributed by atoms with van der Waals surface area (Å²) >= 11 is 0. The van der Waals surface area contributed by atoms with Crippen molar-refractivity contribution < 1.29 is 9.53 Å². The molecule has 30 heavy (non-hydrogen) atoms. The highest BCUT2D eigenvalue weighted by molar-refractivity contribution is 5.92. The minimum Gasteiger partial charge on any atom is -0.383 e. The summed E-state index contributed by atoms with van der Waals surface area (Å²) in [6.07, 6.45) is 1.80. The van der Waals surface area contributed by atoms with Gasteiger partial charge in [-0.1, -0.05) is 18.2 Å². The van der Waals surface area contributed by atoms with Crippen LogP contribution in [-0.4, -0.2) is 59.2 Å². The molecule has 0 spiro atoms. The van der Waals surface area contributed by atoms with Gasteiger partial charge in [-0.3, -0.25) is 4.79 Å². The van der Waals surface area contributed by atoms with E-state index in [0.29, 0.717) is 19.7 Å². The molecule has 2 aromatic heterocycles. The maximum atomic E-state index is 12.6. The number of rotatable bonds is 6. The van der Waals surface area contributed by atoms with Crippen molar-refractivity contribution in [1.82, 2.24) is 25.3 Å². The molecule has 1 aliphatic rings. The summed E-state index contributed by atoms with van der Waals surface area (Å²) in [4.78, 5) is 14.7. The van der Waals surface area contributed by atoms with Crippen molar-refractivity contribution in [2.24, 2.45) is 5.92 Å². The second-order valence-corrected chi connectivity index (χ2v) is 7.73. The zero-order chi connectivity index (χ0) is 21.1. The quantitative estimate of drug-likeness (QED) is 0.631. The summed E-state index contributed by atoms with van der Waals surface area (Å²) in [5.41, 5.74) is 3.74. The van der Waals surface area contributed by atoms with Crippen molar-refractivity contribution in [3.8, 4) is 5.69 Å². The maximum absolute atomic E-state index is 12.6. The molecule has 3 aromatic rings. The van der Waals surface area contributed by atoms with E-state index in [4.69, 9.17) is 9.84 Å². The number of amides is 1. The molecular weight excluding hydrogens is 380 g/mol. The summed E-state index contributed by atoms with van der Waals surface area (Å²) in [6.45, 7) is 6.52. The SMILES string of the molecule is COCCNC(=O)[C@@H]1CCCN(c2nnc(C)c3c(C)n(-c4ccccc4)nc23)C1. The number of ether oxygens (including phenoxy) is 1. The average Bonchev–Trinajstić information content (AvgIpc) is 3.13. The van der Waals surface area contributed by atoms with Crippen molar-refractivity contribution in [2.75, 3.05) is 38.3 Å². The molecule has 3 heterocycles. The van der Waals surface area contributed by atoms with Gasteiger partial charge in [-0.2, -0.15) is 10.2 Å². The first-order valence-corrected chi connectivity index (χ1v) is 10.4. The van der Waals surface area contributed by atoms with Gasteiger partial charge < -0.3 is 15.0 Å². The molecule has 0 unspecified atom stereocenters. The average molecular weight is 409 g/mol. The number of carbonyl (C=O) groups excluding carboxylic acids is 1. The molecule has 1 N–H and O–H groups in total. The third-order valence-corrected chi connectivity index (χ3v) is 5.68. The fourth-order valence-electron chi connectivity index (χ4n) is 4.15. The van der Waals surface area contributed by atoms with Gasteiger partial charge in [0.1, 0.15) is 5.52 Å². The largest absolute Gasteiger partial charge is 0.383 e. The highest BCUT2D eigenvalue weighted by Gasteiger charge is 2.29. The minimum absolute atomic E-state index is 0.0686. The van der Waals surface area contributed by atoms with E-state index in [1.165, 1.54) is 0 Å². The van der Waals surface area contributed by atoms with Crippen LogP contribution in [-0.2, 0) is 9.53 Å². The Morgan fingerprint density at radius 1 is 1.23 bits per heavy atom. The van der Waals surface area contributed by atoms with Gasteiger partial charge in [0.15, 0.2) is 5.82 Å². The van der Waals surface area contributed by atoms with Crippen molar-refractivity contribution >= 4 is 22.6 Å². The van der Waals surface area contributed by atoms with Gasteiger partial charge in [0, 0.05) is 26.7 Å². The molecule has 1 saturated heterocycles. The summed E-state index contributed by atoms with van der Waals surface area (Å²) in [5, 5.41) is 17.8. The van der Waals surface area contributed by atoms with E-state index < -0.39 is 0 Å². The zero-order valence-corrected chi connectivity index (χ0v) is 17.8. The van der Waals surface area contributed by atoms with E-state index in [9.17, 15) is 4.79 Å². The number of hydrogen-bond donors (Lipinski definition) is 1. The van der Waals surface area contributed by atoms with Gasteiger partial charge >= 0.3 is 0 Å². The molecule has 8 nitrogen and oxygen atoms in total. The lowest BCUT2D eigenvalue weighted by atomic mass is 9.97. The lowest BCUT2D eigenvalue weighted by Gasteiger charge is -2.32. The normalized spacial score (nSPS) is 16.8. The van der Waals surface area contributed by atoms with Crippen LogP contribution >= 0.6 is 0 Å². The Morgan fingerprint density at radius 3 is 2.80 bits per heavy atom. The van der Waals surface area contributed by atoms with Gasteiger partial charge in [-0.15, -0.1) is 5.10 Å². The molecule has 4 rings (SSSR count). The highest BCUT2D eigenvalue weighted by Crippen LogP contribution is 2.31. The molecule has 1 amide bonds. The number of piperidine rings is 1. The number of para-hydroxylation sites is 1. The van der Waals surface area contributed by atoms with Crippen LogP contribution in [0, 0.1) is 19.8 Å². The van der Waals surface area contributed by atoms with Crippen LogP contribution in [0.25, 0.3) is 16.6 Å². The number of hydrogen-bond acceptors (Lipinski definition) is 6. The second-order valence-electron chi connectivity index (χ2n) is 7.73. The Labute approximate surface area is 176 Å². The number of anilines is 1. The summed E-state index contributed by atoms with van der Waals surface area (Å²) < 4.78 is 6.97. The molecule has 8 heteroatoms. The number of aromatic nitrogens is 4. The fraction of sp³-hybridized carbons (Fsp3) is 0.455. The van der Waals surface area contributed by atoms with Gasteiger partial charge in [0.25, 0.3) is 0 Å². The van der Waals surface area contributed by atoms with Crippen molar-refractivity contribution in [3.05, 3.63) is 41.7 Å².